The van der Waals surface area contributed by atoms with Gasteiger partial charge in [-0.1, -0.05) is 0 Å². The van der Waals surface area contributed by atoms with Crippen LogP contribution in [0.25, 0.3) is 0 Å². The maximum Gasteiger partial charge on any atom is 0.0990 e. The van der Waals surface area contributed by atoms with Gasteiger partial charge in [0, 0.05) is 5.70 Å². The SMILES string of the molecule is CC1=C(C)C(N)NC=N1. The van der Waals surface area contributed by atoms with E-state index in [0.29, 0.717) is 0 Å². The monoisotopic (exact) mass is 125 g/mol. The van der Waals surface area contributed by atoms with Crippen LogP contribution in [0.15, 0.2) is 16.3 Å². The summed E-state index contributed by atoms with van der Waals surface area (Å²) in [5.41, 5.74) is 7.73. The van der Waals surface area contributed by atoms with E-state index in [0.717, 1.165) is 11.3 Å². The van der Waals surface area contributed by atoms with Gasteiger partial charge in [-0.3, -0.25) is 0 Å². The number of nitrogens with one attached hydrogen (secondary N) is 1. The molecule has 0 aliphatic carbocycles. The van der Waals surface area contributed by atoms with Gasteiger partial charge in [0.15, 0.2) is 0 Å². The molecule has 1 unspecified atom stereocenters. The van der Waals surface area contributed by atoms with Crippen LogP contribution >= 0.6 is 0 Å². The van der Waals surface area contributed by atoms with Crippen LogP contribution in [-0.2, 0) is 0 Å². The summed E-state index contributed by atoms with van der Waals surface area (Å²) in [4.78, 5) is 4.02. The Hall–Kier alpha value is -0.830. The molecule has 1 atom stereocenters. The lowest BCUT2D eigenvalue weighted by Crippen LogP contribution is -2.39. The number of allylic oxidation sites excluding steroid dienone is 1. The van der Waals surface area contributed by atoms with Gasteiger partial charge in [0.1, 0.15) is 0 Å². The third-order valence-corrected chi connectivity index (χ3v) is 1.55. The van der Waals surface area contributed by atoms with Crippen molar-refractivity contribution in [1.82, 2.24) is 5.32 Å². The first-order chi connectivity index (χ1) is 4.22. The molecule has 3 heteroatoms. The zero-order valence-electron chi connectivity index (χ0n) is 5.68. The van der Waals surface area contributed by atoms with Gasteiger partial charge in [-0.15, -0.1) is 0 Å². The van der Waals surface area contributed by atoms with Crippen molar-refractivity contribution in [1.29, 1.82) is 0 Å². The highest BCUT2D eigenvalue weighted by molar-refractivity contribution is 5.59. The van der Waals surface area contributed by atoms with Crippen LogP contribution in [0.4, 0.5) is 0 Å². The van der Waals surface area contributed by atoms with E-state index < -0.39 is 0 Å². The summed E-state index contributed by atoms with van der Waals surface area (Å²) < 4.78 is 0. The van der Waals surface area contributed by atoms with Crippen LogP contribution in [0.2, 0.25) is 0 Å². The molecule has 3 N–H and O–H groups in total. The van der Waals surface area contributed by atoms with Crippen molar-refractivity contribution in [3.05, 3.63) is 11.3 Å². The fourth-order valence-corrected chi connectivity index (χ4v) is 0.666. The second kappa shape index (κ2) is 2.19. The number of nitrogens with zero attached hydrogens (tertiary/aromatic N) is 1. The number of nitrogens with two attached hydrogens (primary N) is 1. The predicted molar refractivity (Wildman–Crippen MR) is 38.0 cm³/mol. The highest BCUT2D eigenvalue weighted by Gasteiger charge is 2.07. The summed E-state index contributed by atoms with van der Waals surface area (Å²) in [6.07, 6.45) is 1.59. The van der Waals surface area contributed by atoms with Crippen molar-refractivity contribution in [2.24, 2.45) is 10.7 Å². The third-order valence-electron chi connectivity index (χ3n) is 1.55. The van der Waals surface area contributed by atoms with E-state index in [1.54, 1.807) is 6.34 Å². The standard InChI is InChI=1S/C6H11N3/c1-4-5(2)8-3-9-6(4)7/h3,6H,7H2,1-2H3,(H,8,9). The molecule has 50 valence electrons. The zero-order valence-corrected chi connectivity index (χ0v) is 5.68. The predicted octanol–water partition coefficient (Wildman–Crippen LogP) is 0.197. The van der Waals surface area contributed by atoms with Crippen molar-refractivity contribution in [2.45, 2.75) is 20.0 Å². The second-order valence-corrected chi connectivity index (χ2v) is 2.17. The minimum Gasteiger partial charge on any atom is -0.357 e. The molecular formula is C6H11N3. The van der Waals surface area contributed by atoms with Gasteiger partial charge in [0.05, 0.1) is 12.5 Å². The highest BCUT2D eigenvalue weighted by Crippen LogP contribution is 2.07. The van der Waals surface area contributed by atoms with Gasteiger partial charge in [-0.05, 0) is 19.4 Å². The molecule has 0 aromatic rings. The van der Waals surface area contributed by atoms with Crippen LogP contribution in [0.3, 0.4) is 0 Å². The lowest BCUT2D eigenvalue weighted by Gasteiger charge is -2.17. The van der Waals surface area contributed by atoms with Crippen molar-refractivity contribution in [2.75, 3.05) is 0 Å². The summed E-state index contributed by atoms with van der Waals surface area (Å²) in [5.74, 6) is 0. The summed E-state index contributed by atoms with van der Waals surface area (Å²) >= 11 is 0. The van der Waals surface area contributed by atoms with Gasteiger partial charge in [-0.25, -0.2) is 4.99 Å². The smallest absolute Gasteiger partial charge is 0.0990 e. The first-order valence-electron chi connectivity index (χ1n) is 2.93. The second-order valence-electron chi connectivity index (χ2n) is 2.17. The van der Waals surface area contributed by atoms with Crippen molar-refractivity contribution in [3.63, 3.8) is 0 Å². The van der Waals surface area contributed by atoms with E-state index in [1.165, 1.54) is 0 Å². The lowest BCUT2D eigenvalue weighted by atomic mass is 10.2. The number of rotatable bonds is 0. The molecule has 3 nitrogen and oxygen atoms in total. The van der Waals surface area contributed by atoms with Crippen LogP contribution in [0, 0.1) is 0 Å². The summed E-state index contributed by atoms with van der Waals surface area (Å²) in [6.45, 7) is 3.93. The van der Waals surface area contributed by atoms with Crippen LogP contribution in [0.5, 0.6) is 0 Å². The highest BCUT2D eigenvalue weighted by atomic mass is 15.1. The number of hydrogen-bond donors (Lipinski definition) is 2. The molecule has 0 bridgehead atoms. The normalized spacial score (nSPS) is 26.3. The van der Waals surface area contributed by atoms with Crippen LogP contribution < -0.4 is 11.1 Å². The van der Waals surface area contributed by atoms with E-state index in [9.17, 15) is 0 Å². The van der Waals surface area contributed by atoms with E-state index >= 15 is 0 Å². The molecule has 1 aliphatic rings. The van der Waals surface area contributed by atoms with Crippen molar-refractivity contribution >= 4 is 6.34 Å². The Morgan fingerprint density at radius 3 is 2.78 bits per heavy atom. The van der Waals surface area contributed by atoms with Crippen molar-refractivity contribution in [3.8, 4) is 0 Å². The van der Waals surface area contributed by atoms with Gasteiger partial charge >= 0.3 is 0 Å². The van der Waals surface area contributed by atoms with E-state index in [-0.39, 0.29) is 6.17 Å². The Balaban J connectivity index is 2.83. The fraction of sp³-hybridized carbons (Fsp3) is 0.500. The fourth-order valence-electron chi connectivity index (χ4n) is 0.666. The quantitative estimate of drug-likeness (QED) is 0.485. The lowest BCUT2D eigenvalue weighted by molar-refractivity contribution is 0.708. The molecular weight excluding hydrogens is 114 g/mol. The Bertz CT molecular complexity index is 169. The first-order valence-corrected chi connectivity index (χ1v) is 2.93. The number of hydrogen-bond acceptors (Lipinski definition) is 3. The van der Waals surface area contributed by atoms with E-state index in [4.69, 9.17) is 5.73 Å². The maximum atomic E-state index is 5.61. The van der Waals surface area contributed by atoms with Gasteiger partial charge in [0.2, 0.25) is 0 Å². The third kappa shape index (κ3) is 1.10. The van der Waals surface area contributed by atoms with Gasteiger partial charge in [0.25, 0.3) is 0 Å². The largest absolute Gasteiger partial charge is 0.357 e. The average Bonchev–Trinajstić information content (AvgIpc) is 1.83. The average molecular weight is 125 g/mol. The minimum absolute atomic E-state index is 0.0394. The molecule has 1 heterocycles. The topological polar surface area (TPSA) is 50.4 Å². The molecule has 0 fully saturated rings. The Kier molecular flexibility index (Phi) is 1.53. The van der Waals surface area contributed by atoms with Gasteiger partial charge in [-0.2, -0.15) is 0 Å². The summed E-state index contributed by atoms with van der Waals surface area (Å²) in [5, 5.41) is 2.89. The van der Waals surface area contributed by atoms with Gasteiger partial charge < -0.3 is 11.1 Å². The molecule has 0 radical (unpaired) electrons. The molecule has 0 saturated heterocycles. The minimum atomic E-state index is -0.0394. The van der Waals surface area contributed by atoms with E-state index in [2.05, 4.69) is 10.3 Å². The number of aliphatic imine (C=N–C) groups is 1. The van der Waals surface area contributed by atoms with Crippen molar-refractivity contribution < 1.29 is 0 Å². The molecule has 0 amide bonds. The molecule has 0 aromatic carbocycles. The van der Waals surface area contributed by atoms with Crippen LogP contribution in [0.1, 0.15) is 13.8 Å². The van der Waals surface area contributed by atoms with Crippen LogP contribution in [-0.4, -0.2) is 12.5 Å². The Labute approximate surface area is 54.7 Å². The Morgan fingerprint density at radius 1 is 1.67 bits per heavy atom. The molecule has 0 spiro atoms. The molecule has 9 heavy (non-hydrogen) atoms. The first kappa shape index (κ1) is 6.29. The summed E-state index contributed by atoms with van der Waals surface area (Å²) in [7, 11) is 0. The molecule has 1 rings (SSSR count). The molecule has 1 aliphatic heterocycles. The summed E-state index contributed by atoms with van der Waals surface area (Å²) in [6, 6.07) is 0. The molecule has 0 saturated carbocycles. The Morgan fingerprint density at radius 2 is 2.33 bits per heavy atom. The maximum absolute atomic E-state index is 5.61. The van der Waals surface area contributed by atoms with E-state index in [1.807, 2.05) is 13.8 Å². The molecule has 0 aromatic heterocycles. The zero-order chi connectivity index (χ0) is 6.85.